The number of benzene rings is 1. The Balaban J connectivity index is 1.75. The first kappa shape index (κ1) is 11.5. The summed E-state index contributed by atoms with van der Waals surface area (Å²) in [6.45, 7) is 3.98. The second kappa shape index (κ2) is 4.57. The Kier molecular flexibility index (Phi) is 3.08. The van der Waals surface area contributed by atoms with Gasteiger partial charge in [-0.15, -0.1) is 0 Å². The van der Waals surface area contributed by atoms with E-state index in [0.29, 0.717) is 11.8 Å². The third kappa shape index (κ3) is 2.20. The molecule has 0 saturated carbocycles. The van der Waals surface area contributed by atoms with E-state index < -0.39 is 0 Å². The minimum absolute atomic E-state index is 0.193. The van der Waals surface area contributed by atoms with E-state index >= 15 is 0 Å². The van der Waals surface area contributed by atoms with Crippen molar-refractivity contribution < 1.29 is 4.79 Å². The van der Waals surface area contributed by atoms with Crippen molar-refractivity contribution in [3.63, 3.8) is 0 Å². The molecule has 3 nitrogen and oxygen atoms in total. The number of nitrogens with one attached hydrogen (secondary N) is 1. The van der Waals surface area contributed by atoms with E-state index in [2.05, 4.69) is 27.9 Å². The van der Waals surface area contributed by atoms with Gasteiger partial charge in [0.15, 0.2) is 0 Å². The third-order valence-corrected chi connectivity index (χ3v) is 4.42. The first-order chi connectivity index (χ1) is 8.24. The number of likely N-dealkylation sites (tertiary alicyclic amines) is 1. The van der Waals surface area contributed by atoms with Crippen LogP contribution in [0.2, 0.25) is 0 Å². The summed E-state index contributed by atoms with van der Waals surface area (Å²) in [4.78, 5) is 14.3. The van der Waals surface area contributed by atoms with Crippen LogP contribution >= 0.6 is 22.6 Å². The lowest BCUT2D eigenvalue weighted by atomic mass is 10.0. The molecular weight excluding hydrogens is 327 g/mol. The predicted molar refractivity (Wildman–Crippen MR) is 74.9 cm³/mol. The van der Waals surface area contributed by atoms with Gasteiger partial charge in [0, 0.05) is 35.3 Å². The average molecular weight is 342 g/mol. The van der Waals surface area contributed by atoms with E-state index in [1.54, 1.807) is 0 Å². The molecule has 1 N–H and O–H groups in total. The van der Waals surface area contributed by atoms with Crippen molar-refractivity contribution in [2.24, 2.45) is 11.8 Å². The number of carbonyl (C=O) groups excluding carboxylic acids is 1. The minimum atomic E-state index is 0.193. The normalized spacial score (nSPS) is 27.2. The summed E-state index contributed by atoms with van der Waals surface area (Å²) >= 11 is 2.25. The van der Waals surface area contributed by atoms with E-state index in [1.807, 2.05) is 29.2 Å². The molecule has 1 aromatic rings. The highest BCUT2D eigenvalue weighted by atomic mass is 127. The molecule has 0 aliphatic carbocycles. The van der Waals surface area contributed by atoms with Crippen LogP contribution in [0.3, 0.4) is 0 Å². The quantitative estimate of drug-likeness (QED) is 0.786. The van der Waals surface area contributed by atoms with Gasteiger partial charge in [0.1, 0.15) is 0 Å². The molecule has 0 bridgehead atoms. The second-order valence-corrected chi connectivity index (χ2v) is 6.14. The number of halogens is 1. The molecule has 2 saturated heterocycles. The molecule has 0 radical (unpaired) electrons. The van der Waals surface area contributed by atoms with Crippen LogP contribution in [0.1, 0.15) is 10.4 Å². The zero-order valence-electron chi connectivity index (χ0n) is 9.53. The Morgan fingerprint density at radius 3 is 2.65 bits per heavy atom. The molecule has 1 aromatic carbocycles. The molecule has 3 rings (SSSR count). The van der Waals surface area contributed by atoms with E-state index in [4.69, 9.17) is 0 Å². The third-order valence-electron chi connectivity index (χ3n) is 3.75. The Morgan fingerprint density at radius 2 is 2.00 bits per heavy atom. The Hall–Kier alpha value is -0.620. The Labute approximate surface area is 115 Å². The molecule has 0 aromatic heterocycles. The van der Waals surface area contributed by atoms with Gasteiger partial charge in [0.2, 0.25) is 0 Å². The van der Waals surface area contributed by atoms with Crippen molar-refractivity contribution in [3.8, 4) is 0 Å². The minimum Gasteiger partial charge on any atom is -0.338 e. The van der Waals surface area contributed by atoms with E-state index in [0.717, 1.165) is 35.3 Å². The topological polar surface area (TPSA) is 32.3 Å². The molecule has 90 valence electrons. The molecule has 2 fully saturated rings. The van der Waals surface area contributed by atoms with Gasteiger partial charge in [0.25, 0.3) is 5.91 Å². The lowest BCUT2D eigenvalue weighted by Crippen LogP contribution is -2.31. The number of hydrogen-bond acceptors (Lipinski definition) is 2. The first-order valence-electron chi connectivity index (χ1n) is 5.99. The molecule has 4 heteroatoms. The van der Waals surface area contributed by atoms with Gasteiger partial charge < -0.3 is 10.2 Å². The highest BCUT2D eigenvalue weighted by molar-refractivity contribution is 14.1. The summed E-state index contributed by atoms with van der Waals surface area (Å²) in [5.41, 5.74) is 0.824. The van der Waals surface area contributed by atoms with Crippen LogP contribution in [-0.4, -0.2) is 37.0 Å². The molecule has 0 spiro atoms. The van der Waals surface area contributed by atoms with Gasteiger partial charge in [0.05, 0.1) is 0 Å². The molecular formula is C13H15IN2O. The molecule has 1 amide bonds. The van der Waals surface area contributed by atoms with E-state index in [1.165, 1.54) is 0 Å². The van der Waals surface area contributed by atoms with E-state index in [9.17, 15) is 4.79 Å². The molecule has 2 aliphatic heterocycles. The Bertz CT molecular complexity index is 437. The van der Waals surface area contributed by atoms with Crippen LogP contribution < -0.4 is 5.32 Å². The van der Waals surface area contributed by atoms with Crippen molar-refractivity contribution in [3.05, 3.63) is 33.4 Å². The van der Waals surface area contributed by atoms with Gasteiger partial charge in [-0.1, -0.05) is 6.07 Å². The standard InChI is InChI=1S/C13H15IN2O/c14-12-3-1-2-9(4-12)13(17)16-7-10-5-15-6-11(10)8-16/h1-4,10-11,15H,5-8H2/t10-,11+. The first-order valence-corrected chi connectivity index (χ1v) is 7.07. The highest BCUT2D eigenvalue weighted by Gasteiger charge is 2.38. The summed E-state index contributed by atoms with van der Waals surface area (Å²) in [6, 6.07) is 7.85. The highest BCUT2D eigenvalue weighted by Crippen LogP contribution is 2.27. The van der Waals surface area contributed by atoms with Gasteiger partial charge >= 0.3 is 0 Å². The maximum atomic E-state index is 12.3. The van der Waals surface area contributed by atoms with E-state index in [-0.39, 0.29) is 5.91 Å². The summed E-state index contributed by atoms with van der Waals surface area (Å²) in [6.07, 6.45) is 0. The molecule has 2 atom stereocenters. The summed E-state index contributed by atoms with van der Waals surface area (Å²) in [5, 5.41) is 3.39. The molecule has 2 aliphatic rings. The number of amides is 1. The van der Waals surface area contributed by atoms with Crippen molar-refractivity contribution in [1.29, 1.82) is 0 Å². The van der Waals surface area contributed by atoms with Crippen molar-refractivity contribution >= 4 is 28.5 Å². The number of hydrogen-bond donors (Lipinski definition) is 1. The zero-order chi connectivity index (χ0) is 11.8. The fourth-order valence-electron chi connectivity index (χ4n) is 2.83. The number of carbonyl (C=O) groups is 1. The van der Waals surface area contributed by atoms with Gasteiger partial charge in [-0.2, -0.15) is 0 Å². The fraction of sp³-hybridized carbons (Fsp3) is 0.462. The second-order valence-electron chi connectivity index (χ2n) is 4.90. The number of nitrogens with zero attached hydrogens (tertiary/aromatic N) is 1. The van der Waals surface area contributed by atoms with Crippen LogP contribution in [0.4, 0.5) is 0 Å². The number of rotatable bonds is 1. The van der Waals surface area contributed by atoms with Crippen molar-refractivity contribution in [1.82, 2.24) is 10.2 Å². The van der Waals surface area contributed by atoms with Crippen LogP contribution in [0.5, 0.6) is 0 Å². The molecule has 2 heterocycles. The van der Waals surface area contributed by atoms with Crippen molar-refractivity contribution in [2.45, 2.75) is 0 Å². The van der Waals surface area contributed by atoms with Gasteiger partial charge in [-0.3, -0.25) is 4.79 Å². The van der Waals surface area contributed by atoms with Crippen LogP contribution in [0.25, 0.3) is 0 Å². The number of fused-ring (bicyclic) bond motifs is 1. The Morgan fingerprint density at radius 1 is 1.29 bits per heavy atom. The molecule has 17 heavy (non-hydrogen) atoms. The summed E-state index contributed by atoms with van der Waals surface area (Å²) < 4.78 is 1.12. The average Bonchev–Trinajstić information content (AvgIpc) is 2.88. The fourth-order valence-corrected chi connectivity index (χ4v) is 3.37. The SMILES string of the molecule is O=C(c1cccc(I)c1)N1C[C@H]2CNC[C@H]2C1. The zero-order valence-corrected chi connectivity index (χ0v) is 11.7. The largest absolute Gasteiger partial charge is 0.338 e. The van der Waals surface area contributed by atoms with Crippen LogP contribution in [0.15, 0.2) is 24.3 Å². The monoisotopic (exact) mass is 342 g/mol. The predicted octanol–water partition coefficient (Wildman–Crippen LogP) is 1.58. The summed E-state index contributed by atoms with van der Waals surface area (Å²) in [5.74, 6) is 1.53. The van der Waals surface area contributed by atoms with Gasteiger partial charge in [-0.05, 0) is 52.6 Å². The van der Waals surface area contributed by atoms with Crippen molar-refractivity contribution in [2.75, 3.05) is 26.2 Å². The summed E-state index contributed by atoms with van der Waals surface area (Å²) in [7, 11) is 0. The lowest BCUT2D eigenvalue weighted by molar-refractivity contribution is 0.0781. The maximum Gasteiger partial charge on any atom is 0.253 e. The smallest absolute Gasteiger partial charge is 0.253 e. The molecule has 0 unspecified atom stereocenters. The lowest BCUT2D eigenvalue weighted by Gasteiger charge is -2.17. The maximum absolute atomic E-state index is 12.3. The van der Waals surface area contributed by atoms with Gasteiger partial charge in [-0.25, -0.2) is 0 Å². The van der Waals surface area contributed by atoms with Crippen LogP contribution in [-0.2, 0) is 0 Å². The van der Waals surface area contributed by atoms with Crippen LogP contribution in [0, 0.1) is 15.4 Å².